The van der Waals surface area contributed by atoms with Crippen molar-refractivity contribution in [3.8, 4) is 0 Å². The molecule has 0 saturated carbocycles. The van der Waals surface area contributed by atoms with E-state index in [-0.39, 0.29) is 5.82 Å². The van der Waals surface area contributed by atoms with Crippen molar-refractivity contribution in [3.63, 3.8) is 0 Å². The van der Waals surface area contributed by atoms with E-state index in [0.717, 1.165) is 26.7 Å². The summed E-state index contributed by atoms with van der Waals surface area (Å²) in [5, 5.41) is 0.862. The van der Waals surface area contributed by atoms with Gasteiger partial charge < -0.3 is 5.73 Å². The zero-order valence-electron chi connectivity index (χ0n) is 10.4. The second kappa shape index (κ2) is 5.50. The van der Waals surface area contributed by atoms with Crippen LogP contribution in [0, 0.1) is 19.7 Å². The van der Waals surface area contributed by atoms with Gasteiger partial charge in [0.05, 0.1) is 0 Å². The molecule has 0 bridgehead atoms. The maximum atomic E-state index is 13.2. The van der Waals surface area contributed by atoms with E-state index in [1.165, 1.54) is 23.9 Å². The lowest BCUT2D eigenvalue weighted by Gasteiger charge is -2.11. The molecule has 2 aromatic rings. The van der Waals surface area contributed by atoms with Gasteiger partial charge in [-0.25, -0.2) is 9.37 Å². The van der Waals surface area contributed by atoms with Crippen LogP contribution in [0.2, 0.25) is 0 Å². The van der Waals surface area contributed by atoms with Gasteiger partial charge in [-0.05, 0) is 43.7 Å². The van der Waals surface area contributed by atoms with E-state index in [9.17, 15) is 4.39 Å². The summed E-state index contributed by atoms with van der Waals surface area (Å²) in [6.07, 6.45) is 0. The third kappa shape index (κ3) is 2.89. The Morgan fingerprint density at radius 2 is 2.06 bits per heavy atom. The molecule has 18 heavy (non-hydrogen) atoms. The molecule has 0 unspecified atom stereocenters. The minimum absolute atomic E-state index is 0.237. The van der Waals surface area contributed by atoms with Gasteiger partial charge in [0.25, 0.3) is 0 Å². The number of halogens is 1. The van der Waals surface area contributed by atoms with Gasteiger partial charge >= 0.3 is 0 Å². The quantitative estimate of drug-likeness (QED) is 0.920. The van der Waals surface area contributed by atoms with E-state index in [1.807, 2.05) is 26.0 Å². The zero-order chi connectivity index (χ0) is 13.1. The highest BCUT2D eigenvalue weighted by Gasteiger charge is 2.09. The lowest BCUT2D eigenvalue weighted by atomic mass is 10.1. The molecule has 0 saturated heterocycles. The molecule has 0 atom stereocenters. The van der Waals surface area contributed by atoms with E-state index < -0.39 is 0 Å². The number of aryl methyl sites for hydroxylation is 2. The van der Waals surface area contributed by atoms with Gasteiger partial charge in [0.15, 0.2) is 0 Å². The Morgan fingerprint density at radius 3 is 2.72 bits per heavy atom. The van der Waals surface area contributed by atoms with Crippen molar-refractivity contribution in [2.75, 3.05) is 0 Å². The molecule has 4 heteroatoms. The Morgan fingerprint density at radius 1 is 1.28 bits per heavy atom. The molecule has 0 radical (unpaired) electrons. The van der Waals surface area contributed by atoms with Crippen LogP contribution in [0.3, 0.4) is 0 Å². The maximum absolute atomic E-state index is 13.2. The highest BCUT2D eigenvalue weighted by atomic mass is 32.2. The van der Waals surface area contributed by atoms with Crippen LogP contribution in [0.15, 0.2) is 40.3 Å². The predicted molar refractivity (Wildman–Crippen MR) is 72.1 cm³/mol. The average molecular weight is 262 g/mol. The predicted octanol–water partition coefficient (Wildman–Crippen LogP) is 3.45. The van der Waals surface area contributed by atoms with Crippen molar-refractivity contribution in [3.05, 3.63) is 53.0 Å². The topological polar surface area (TPSA) is 38.9 Å². The normalized spacial score (nSPS) is 10.7. The molecule has 0 amide bonds. The van der Waals surface area contributed by atoms with Crippen LogP contribution in [0.1, 0.15) is 16.8 Å². The molecule has 0 aliphatic carbocycles. The first kappa shape index (κ1) is 13.1. The Kier molecular flexibility index (Phi) is 3.99. The first-order valence-corrected chi connectivity index (χ1v) is 6.52. The third-order valence-corrected chi connectivity index (χ3v) is 3.67. The van der Waals surface area contributed by atoms with Crippen LogP contribution in [-0.2, 0) is 6.54 Å². The van der Waals surface area contributed by atoms with Gasteiger partial charge in [-0.1, -0.05) is 17.8 Å². The average Bonchev–Trinajstić information content (AvgIpc) is 2.28. The van der Waals surface area contributed by atoms with E-state index in [1.54, 1.807) is 6.07 Å². The second-order valence-corrected chi connectivity index (χ2v) is 5.19. The van der Waals surface area contributed by atoms with E-state index in [4.69, 9.17) is 5.73 Å². The largest absolute Gasteiger partial charge is 0.326 e. The number of hydrogen-bond donors (Lipinski definition) is 1. The summed E-state index contributed by atoms with van der Waals surface area (Å²) in [4.78, 5) is 5.33. The Hall–Kier alpha value is -1.39. The fourth-order valence-corrected chi connectivity index (χ4v) is 2.90. The van der Waals surface area contributed by atoms with E-state index in [0.29, 0.717) is 6.54 Å². The Bertz CT molecular complexity index is 570. The minimum atomic E-state index is -0.237. The Labute approximate surface area is 110 Å². The van der Waals surface area contributed by atoms with E-state index in [2.05, 4.69) is 4.98 Å². The van der Waals surface area contributed by atoms with Gasteiger partial charge in [-0.3, -0.25) is 0 Å². The fraction of sp³-hybridized carbons (Fsp3) is 0.214. The summed E-state index contributed by atoms with van der Waals surface area (Å²) in [6, 6.07) is 8.51. The molecular formula is C14H15FN2S. The molecule has 1 aromatic heterocycles. The molecule has 0 spiro atoms. The number of benzene rings is 1. The summed E-state index contributed by atoms with van der Waals surface area (Å²) in [5.74, 6) is -0.237. The summed E-state index contributed by atoms with van der Waals surface area (Å²) >= 11 is 1.45. The van der Waals surface area contributed by atoms with Crippen molar-refractivity contribution in [2.24, 2.45) is 5.73 Å². The molecule has 1 heterocycles. The highest BCUT2D eigenvalue weighted by Crippen LogP contribution is 2.30. The van der Waals surface area contributed by atoms with Crippen LogP contribution in [0.25, 0.3) is 0 Å². The number of pyridine rings is 1. The van der Waals surface area contributed by atoms with Gasteiger partial charge in [-0.2, -0.15) is 0 Å². The Balaban J connectivity index is 2.39. The summed E-state index contributed by atoms with van der Waals surface area (Å²) in [7, 11) is 0. The van der Waals surface area contributed by atoms with Gasteiger partial charge in [0.1, 0.15) is 10.8 Å². The monoisotopic (exact) mass is 262 g/mol. The third-order valence-electron chi connectivity index (χ3n) is 2.65. The lowest BCUT2D eigenvalue weighted by Crippen LogP contribution is -2.04. The summed E-state index contributed by atoms with van der Waals surface area (Å²) in [6.45, 7) is 4.41. The molecular weight excluding hydrogens is 247 g/mol. The minimum Gasteiger partial charge on any atom is -0.326 e. The first-order valence-electron chi connectivity index (χ1n) is 5.70. The maximum Gasteiger partial charge on any atom is 0.124 e. The molecule has 0 fully saturated rings. The van der Waals surface area contributed by atoms with Gasteiger partial charge in [0.2, 0.25) is 0 Å². The molecule has 0 aliphatic rings. The number of rotatable bonds is 3. The lowest BCUT2D eigenvalue weighted by molar-refractivity contribution is 0.624. The van der Waals surface area contributed by atoms with E-state index >= 15 is 0 Å². The second-order valence-electron chi connectivity index (χ2n) is 4.13. The van der Waals surface area contributed by atoms with Crippen molar-refractivity contribution in [1.29, 1.82) is 0 Å². The first-order chi connectivity index (χ1) is 8.60. The number of nitrogens with zero attached hydrogens (tertiary/aromatic N) is 1. The van der Waals surface area contributed by atoms with Gasteiger partial charge in [-0.15, -0.1) is 0 Å². The van der Waals surface area contributed by atoms with Crippen LogP contribution in [0.5, 0.6) is 0 Å². The molecule has 1 aromatic carbocycles. The van der Waals surface area contributed by atoms with Crippen LogP contribution in [0.4, 0.5) is 4.39 Å². The van der Waals surface area contributed by atoms with Crippen molar-refractivity contribution >= 4 is 11.8 Å². The fourth-order valence-electron chi connectivity index (χ4n) is 1.80. The van der Waals surface area contributed by atoms with Gasteiger partial charge in [0, 0.05) is 22.7 Å². The van der Waals surface area contributed by atoms with Crippen LogP contribution >= 0.6 is 11.8 Å². The molecule has 2 nitrogen and oxygen atoms in total. The van der Waals surface area contributed by atoms with Crippen LogP contribution < -0.4 is 5.73 Å². The summed E-state index contributed by atoms with van der Waals surface area (Å²) < 4.78 is 13.2. The number of hydrogen-bond acceptors (Lipinski definition) is 3. The standard InChI is InChI=1S/C14H15FN2S/c1-9-6-10(2)17-14(13(9)8-16)18-12-5-3-4-11(15)7-12/h3-7H,8,16H2,1-2H3. The summed E-state index contributed by atoms with van der Waals surface area (Å²) in [5.41, 5.74) is 8.86. The highest BCUT2D eigenvalue weighted by molar-refractivity contribution is 7.99. The molecule has 94 valence electrons. The molecule has 0 aliphatic heterocycles. The van der Waals surface area contributed by atoms with Crippen molar-refractivity contribution < 1.29 is 4.39 Å². The van der Waals surface area contributed by atoms with Crippen molar-refractivity contribution in [1.82, 2.24) is 4.98 Å². The smallest absolute Gasteiger partial charge is 0.124 e. The molecule has 2 rings (SSSR count). The SMILES string of the molecule is Cc1cc(C)c(CN)c(Sc2cccc(F)c2)n1. The number of aromatic nitrogens is 1. The molecule has 2 N–H and O–H groups in total. The zero-order valence-corrected chi connectivity index (χ0v) is 11.2. The van der Waals surface area contributed by atoms with Crippen LogP contribution in [-0.4, -0.2) is 4.98 Å². The number of nitrogens with two attached hydrogens (primary N) is 1. The van der Waals surface area contributed by atoms with Crippen molar-refractivity contribution in [2.45, 2.75) is 30.3 Å².